The van der Waals surface area contributed by atoms with Crippen molar-refractivity contribution in [1.29, 1.82) is 0 Å². The van der Waals surface area contributed by atoms with Gasteiger partial charge in [-0.25, -0.2) is 0 Å². The van der Waals surface area contributed by atoms with Gasteiger partial charge in [-0.1, -0.05) is 88.4 Å². The van der Waals surface area contributed by atoms with Crippen molar-refractivity contribution in [2.24, 2.45) is 5.92 Å². The summed E-state index contributed by atoms with van der Waals surface area (Å²) in [5.41, 5.74) is 3.40. The SMILES string of the molecule is CCN(CC)S1(C(O)(c2ccccc2)C(C)C)C=CC(c2ccccc2)=C1. The van der Waals surface area contributed by atoms with Gasteiger partial charge in [0.2, 0.25) is 0 Å². The second kappa shape index (κ2) is 8.05. The molecule has 1 aliphatic rings. The molecular weight excluding hydrogens is 350 g/mol. The van der Waals surface area contributed by atoms with Crippen LogP contribution in [0.5, 0.6) is 0 Å². The zero-order valence-electron chi connectivity index (χ0n) is 16.8. The minimum absolute atomic E-state index is 0.0755. The highest BCUT2D eigenvalue weighted by atomic mass is 32.3. The zero-order chi connectivity index (χ0) is 19.5. The van der Waals surface area contributed by atoms with E-state index in [1.165, 1.54) is 11.1 Å². The van der Waals surface area contributed by atoms with E-state index in [0.717, 1.165) is 18.7 Å². The number of aliphatic hydroxyl groups is 1. The zero-order valence-corrected chi connectivity index (χ0v) is 17.6. The van der Waals surface area contributed by atoms with E-state index in [0.29, 0.717) is 0 Å². The van der Waals surface area contributed by atoms with Crippen LogP contribution in [-0.4, -0.2) is 22.5 Å². The molecule has 144 valence electrons. The number of nitrogens with zero attached hydrogens (tertiary/aromatic N) is 1. The predicted molar refractivity (Wildman–Crippen MR) is 119 cm³/mol. The van der Waals surface area contributed by atoms with Crippen molar-refractivity contribution in [2.75, 3.05) is 13.1 Å². The maximum atomic E-state index is 12.3. The van der Waals surface area contributed by atoms with Crippen LogP contribution in [0, 0.1) is 5.92 Å². The Morgan fingerprint density at radius 1 is 0.926 bits per heavy atom. The summed E-state index contributed by atoms with van der Waals surface area (Å²) in [4.78, 5) is -0.951. The van der Waals surface area contributed by atoms with E-state index >= 15 is 0 Å². The Hall–Kier alpha value is -1.81. The molecule has 0 spiro atoms. The smallest absolute Gasteiger partial charge is 0.141 e. The van der Waals surface area contributed by atoms with E-state index in [2.05, 4.69) is 85.3 Å². The monoisotopic (exact) mass is 381 g/mol. The van der Waals surface area contributed by atoms with Gasteiger partial charge in [-0.2, -0.15) is 0 Å². The summed E-state index contributed by atoms with van der Waals surface area (Å²) in [7, 11) is -1.75. The van der Waals surface area contributed by atoms with Crippen LogP contribution in [-0.2, 0) is 4.93 Å². The van der Waals surface area contributed by atoms with E-state index in [-0.39, 0.29) is 5.92 Å². The Morgan fingerprint density at radius 3 is 2.00 bits per heavy atom. The lowest BCUT2D eigenvalue weighted by Gasteiger charge is -2.55. The standard InChI is InChI=1S/C24H31NOS/c1-5-25(6-2)27(18-17-22(19-27)21-13-9-7-10-14-21)24(26,20(3)4)23-15-11-8-12-16-23/h7-20,26H,5-6H2,1-4H3. The second-order valence-corrected chi connectivity index (χ2v) is 10.2. The average Bonchev–Trinajstić information content (AvgIpc) is 3.16. The van der Waals surface area contributed by atoms with Gasteiger partial charge in [0, 0.05) is 13.1 Å². The van der Waals surface area contributed by atoms with E-state index < -0.39 is 15.1 Å². The van der Waals surface area contributed by atoms with Crippen molar-refractivity contribution < 1.29 is 5.11 Å². The molecule has 0 aromatic heterocycles. The van der Waals surface area contributed by atoms with E-state index in [1.807, 2.05) is 24.3 Å². The van der Waals surface area contributed by atoms with Gasteiger partial charge >= 0.3 is 0 Å². The molecule has 3 heteroatoms. The van der Waals surface area contributed by atoms with Crippen LogP contribution in [0.4, 0.5) is 0 Å². The third-order valence-electron chi connectivity index (χ3n) is 5.47. The fraction of sp³-hybridized carbons (Fsp3) is 0.333. The van der Waals surface area contributed by atoms with E-state index in [1.54, 1.807) is 0 Å². The normalized spacial score (nSPS) is 23.9. The first-order valence-corrected chi connectivity index (χ1v) is 11.5. The van der Waals surface area contributed by atoms with E-state index in [9.17, 15) is 5.11 Å². The fourth-order valence-electron chi connectivity index (χ4n) is 4.02. The van der Waals surface area contributed by atoms with Gasteiger partial charge in [-0.05, 0) is 39.5 Å². The molecule has 0 bridgehead atoms. The van der Waals surface area contributed by atoms with Gasteiger partial charge in [0.15, 0.2) is 0 Å². The van der Waals surface area contributed by atoms with Gasteiger partial charge in [0.25, 0.3) is 0 Å². The third-order valence-corrected chi connectivity index (χ3v) is 9.71. The first-order valence-electron chi connectivity index (χ1n) is 9.80. The summed E-state index contributed by atoms with van der Waals surface area (Å²) >= 11 is 0. The van der Waals surface area contributed by atoms with Crippen molar-refractivity contribution >= 4 is 15.8 Å². The molecule has 0 saturated heterocycles. The van der Waals surface area contributed by atoms with Gasteiger partial charge < -0.3 is 5.11 Å². The molecule has 0 saturated carbocycles. The van der Waals surface area contributed by atoms with Crippen LogP contribution in [0.15, 0.2) is 77.6 Å². The Labute approximate surface area is 165 Å². The lowest BCUT2D eigenvalue weighted by Crippen LogP contribution is -2.44. The Balaban J connectivity index is 2.23. The topological polar surface area (TPSA) is 23.5 Å². The molecule has 2 atom stereocenters. The summed E-state index contributed by atoms with van der Waals surface area (Å²) in [6, 6.07) is 20.7. The van der Waals surface area contributed by atoms with Crippen LogP contribution in [0.25, 0.3) is 5.57 Å². The molecule has 1 N–H and O–H groups in total. The first kappa shape index (κ1) is 19.9. The summed E-state index contributed by atoms with van der Waals surface area (Å²) < 4.78 is 2.45. The molecule has 27 heavy (non-hydrogen) atoms. The van der Waals surface area contributed by atoms with Crippen LogP contribution < -0.4 is 0 Å². The number of hydrogen-bond acceptors (Lipinski definition) is 2. The predicted octanol–water partition coefficient (Wildman–Crippen LogP) is 6.12. The van der Waals surface area contributed by atoms with Gasteiger partial charge in [0.1, 0.15) is 4.93 Å². The minimum atomic E-state index is -1.75. The molecule has 2 aromatic rings. The summed E-state index contributed by atoms with van der Waals surface area (Å²) in [5, 5.41) is 16.9. The van der Waals surface area contributed by atoms with Crippen molar-refractivity contribution in [3.63, 3.8) is 0 Å². The molecule has 0 aliphatic carbocycles. The molecule has 2 aromatic carbocycles. The second-order valence-electron chi connectivity index (χ2n) is 7.25. The molecule has 3 rings (SSSR count). The Kier molecular flexibility index (Phi) is 5.95. The average molecular weight is 382 g/mol. The molecule has 2 unspecified atom stereocenters. The maximum Gasteiger partial charge on any atom is 0.141 e. The minimum Gasteiger partial charge on any atom is -0.375 e. The number of hydrogen-bond donors (Lipinski definition) is 1. The molecule has 2 nitrogen and oxygen atoms in total. The van der Waals surface area contributed by atoms with Crippen molar-refractivity contribution in [1.82, 2.24) is 4.31 Å². The highest BCUT2D eigenvalue weighted by molar-refractivity contribution is 8.37. The summed E-state index contributed by atoms with van der Waals surface area (Å²) in [6.07, 6.45) is 2.21. The fourth-order valence-corrected chi connectivity index (χ4v) is 8.28. The van der Waals surface area contributed by atoms with Crippen molar-refractivity contribution in [3.8, 4) is 0 Å². The molecule has 0 amide bonds. The van der Waals surface area contributed by atoms with Gasteiger partial charge in [-0.15, -0.1) is 10.2 Å². The Bertz CT molecular complexity index is 811. The van der Waals surface area contributed by atoms with Gasteiger partial charge in [0.05, 0.1) is 0 Å². The molecule has 1 heterocycles. The number of allylic oxidation sites excluding steroid dienone is 2. The van der Waals surface area contributed by atoms with Crippen molar-refractivity contribution in [3.05, 3.63) is 88.7 Å². The van der Waals surface area contributed by atoms with Gasteiger partial charge in [-0.3, -0.25) is 4.31 Å². The quantitative estimate of drug-likeness (QED) is 0.625. The molecule has 0 fully saturated rings. The van der Waals surface area contributed by atoms with Crippen LogP contribution >= 0.6 is 10.2 Å². The number of rotatable bonds is 7. The molecular formula is C24H31NOS. The summed E-state index contributed by atoms with van der Waals surface area (Å²) in [5.74, 6) is 0.0755. The van der Waals surface area contributed by atoms with Crippen LogP contribution in [0.3, 0.4) is 0 Å². The number of benzene rings is 2. The molecule has 1 aliphatic heterocycles. The third kappa shape index (κ3) is 3.29. The Morgan fingerprint density at radius 2 is 1.48 bits per heavy atom. The summed E-state index contributed by atoms with van der Waals surface area (Å²) in [6.45, 7) is 10.4. The van der Waals surface area contributed by atoms with E-state index in [4.69, 9.17) is 0 Å². The van der Waals surface area contributed by atoms with Crippen molar-refractivity contribution in [2.45, 2.75) is 32.6 Å². The van der Waals surface area contributed by atoms with Crippen LogP contribution in [0.2, 0.25) is 0 Å². The lowest BCUT2D eigenvalue weighted by atomic mass is 9.98. The highest BCUT2D eigenvalue weighted by Crippen LogP contribution is 2.72. The lowest BCUT2D eigenvalue weighted by molar-refractivity contribution is 0.0777. The highest BCUT2D eigenvalue weighted by Gasteiger charge is 2.51. The molecule has 0 radical (unpaired) electrons. The largest absolute Gasteiger partial charge is 0.375 e. The van der Waals surface area contributed by atoms with Crippen LogP contribution in [0.1, 0.15) is 38.8 Å². The first-order chi connectivity index (χ1) is 13.0. The maximum absolute atomic E-state index is 12.3.